The van der Waals surface area contributed by atoms with Gasteiger partial charge in [-0.1, -0.05) is 18.2 Å². The highest BCUT2D eigenvalue weighted by atomic mass is 16.5. The smallest absolute Gasteiger partial charge is 0.351 e. The molecule has 198 valence electrons. The van der Waals surface area contributed by atoms with Gasteiger partial charge in [0.1, 0.15) is 30.2 Å². The normalized spacial score (nSPS) is 10.6. The van der Waals surface area contributed by atoms with Crippen molar-refractivity contribution in [1.82, 2.24) is 0 Å². The number of allylic oxidation sites excluding steroid dienone is 1. The summed E-state index contributed by atoms with van der Waals surface area (Å²) in [4.78, 5) is 32.6. The van der Waals surface area contributed by atoms with Gasteiger partial charge in [0.2, 0.25) is 5.75 Å². The zero-order chi connectivity index (χ0) is 27.5. The number of ketones is 1. The lowest BCUT2D eigenvalue weighted by molar-refractivity contribution is -0.858. The van der Waals surface area contributed by atoms with Gasteiger partial charge < -0.3 is 43.3 Å². The first kappa shape index (κ1) is 28.7. The lowest BCUT2D eigenvalue weighted by Gasteiger charge is -2.18. The van der Waals surface area contributed by atoms with Crippen LogP contribution in [0.1, 0.15) is 15.9 Å². The molecule has 11 heteroatoms. The highest BCUT2D eigenvalue weighted by molar-refractivity contribution is 6.26. The number of fused-ring (bicyclic) bond motifs is 1. The molecule has 2 aromatic carbocycles. The molecule has 2 N–H and O–H groups in total. The van der Waals surface area contributed by atoms with E-state index in [1.54, 1.807) is 19.3 Å². The summed E-state index contributed by atoms with van der Waals surface area (Å²) in [5.74, 6) is -2.45. The molecule has 0 aliphatic rings. The third-order valence-electron chi connectivity index (χ3n) is 5.00. The molecule has 1 aromatic heterocycles. The molecule has 0 radical (unpaired) electrons. The van der Waals surface area contributed by atoms with Crippen LogP contribution in [0.15, 0.2) is 47.1 Å². The van der Waals surface area contributed by atoms with Gasteiger partial charge in [0.05, 0.1) is 47.1 Å². The molecule has 0 aliphatic heterocycles. The fourth-order valence-corrected chi connectivity index (χ4v) is 3.20. The second-order valence-electron chi connectivity index (χ2n) is 7.80. The lowest BCUT2D eigenvalue weighted by Crippen LogP contribution is -3.06. The van der Waals surface area contributed by atoms with Crippen molar-refractivity contribution in [1.29, 1.82) is 0 Å². The van der Waals surface area contributed by atoms with Gasteiger partial charge in [0.25, 0.3) is 0 Å². The molecule has 3 aromatic rings. The molecule has 3 rings (SSSR count). The van der Waals surface area contributed by atoms with E-state index in [1.807, 2.05) is 38.4 Å². The van der Waals surface area contributed by atoms with E-state index in [0.29, 0.717) is 40.4 Å². The van der Waals surface area contributed by atoms with Gasteiger partial charge in [-0.3, -0.25) is 4.79 Å². The van der Waals surface area contributed by atoms with Gasteiger partial charge in [-0.05, 0) is 29.8 Å². The number of carbonyl (C=O) groups is 3. The fraction of sp³-hybridized carbons (Fsp3) is 0.269. The zero-order valence-corrected chi connectivity index (χ0v) is 21.2. The average Bonchev–Trinajstić information content (AvgIpc) is 3.36. The van der Waals surface area contributed by atoms with Crippen LogP contribution >= 0.6 is 0 Å². The number of rotatable bonds is 10. The Labute approximate surface area is 213 Å². The van der Waals surface area contributed by atoms with Crippen molar-refractivity contribution in [2.45, 2.75) is 0 Å². The monoisotopic (exact) mass is 515 g/mol. The quantitative estimate of drug-likeness (QED) is 0.224. The molecule has 0 aliphatic carbocycles. The summed E-state index contributed by atoms with van der Waals surface area (Å²) < 4.78 is 28.0. The summed E-state index contributed by atoms with van der Waals surface area (Å²) in [6.07, 6.45) is 4.76. The molecular formula is C26H29NO10. The molecule has 0 spiro atoms. The van der Waals surface area contributed by atoms with Crippen LogP contribution in [0.3, 0.4) is 0 Å². The van der Waals surface area contributed by atoms with E-state index < -0.39 is 11.9 Å². The van der Waals surface area contributed by atoms with Gasteiger partial charge in [-0.2, -0.15) is 0 Å². The summed E-state index contributed by atoms with van der Waals surface area (Å²) in [5.41, 5.74) is 1.64. The minimum Gasteiger partial charge on any atom is -0.539 e. The number of quaternary nitrogens is 1. The van der Waals surface area contributed by atoms with Crippen molar-refractivity contribution in [2.24, 2.45) is 0 Å². The molecule has 0 saturated carbocycles. The van der Waals surface area contributed by atoms with Gasteiger partial charge >= 0.3 is 5.97 Å². The van der Waals surface area contributed by atoms with Crippen LogP contribution in [-0.4, -0.2) is 71.4 Å². The van der Waals surface area contributed by atoms with Crippen LogP contribution < -0.4 is 29.0 Å². The number of likely N-dealkylation sites (N-methyl/N-ethyl adjacent to an activating group) is 1. The minimum atomic E-state index is -2.07. The Balaban J connectivity index is 0.000000717. The first-order chi connectivity index (χ1) is 17.6. The number of hydrogen-bond donors (Lipinski definition) is 2. The Morgan fingerprint density at radius 1 is 0.973 bits per heavy atom. The predicted octanol–water partition coefficient (Wildman–Crippen LogP) is 0.699. The van der Waals surface area contributed by atoms with Gasteiger partial charge in [-0.25, -0.2) is 4.79 Å². The highest BCUT2D eigenvalue weighted by Gasteiger charge is 2.28. The molecule has 0 saturated heterocycles. The van der Waals surface area contributed by atoms with Gasteiger partial charge in [-0.15, -0.1) is 0 Å². The van der Waals surface area contributed by atoms with Crippen molar-refractivity contribution < 1.29 is 52.9 Å². The van der Waals surface area contributed by atoms with E-state index >= 15 is 0 Å². The van der Waals surface area contributed by atoms with E-state index in [0.717, 1.165) is 17.9 Å². The first-order valence-electron chi connectivity index (χ1n) is 11.0. The number of carbonyl (C=O) groups excluding carboxylic acids is 2. The number of ether oxygens (including phenoxy) is 4. The van der Waals surface area contributed by atoms with Crippen molar-refractivity contribution in [3.63, 3.8) is 0 Å². The van der Waals surface area contributed by atoms with Gasteiger partial charge in [0.15, 0.2) is 23.1 Å². The molecule has 0 fully saturated rings. The Morgan fingerprint density at radius 3 is 2.11 bits per heavy atom. The van der Waals surface area contributed by atoms with E-state index in [4.69, 9.17) is 43.2 Å². The molecule has 0 amide bonds. The van der Waals surface area contributed by atoms with E-state index in [2.05, 4.69) is 0 Å². The van der Waals surface area contributed by atoms with E-state index in [-0.39, 0.29) is 5.78 Å². The highest BCUT2D eigenvalue weighted by Crippen LogP contribution is 2.46. The maximum Gasteiger partial charge on any atom is 0.351 e. The summed E-state index contributed by atoms with van der Waals surface area (Å²) in [6, 6.07) is 9.16. The Hall–Kier alpha value is -4.51. The molecule has 37 heavy (non-hydrogen) atoms. The van der Waals surface area contributed by atoms with Gasteiger partial charge in [0, 0.05) is 0 Å². The Morgan fingerprint density at radius 2 is 1.59 bits per heavy atom. The number of aliphatic carboxylic acids is 2. The SMILES string of the molecule is COc1ccc(C=CC(=O)c2c(OCC[NH+](C)C)c(OC)c3occc3c2OC)cc1.O=C([O-])C(=O)O. The number of benzene rings is 2. The Bertz CT molecular complexity index is 1250. The minimum absolute atomic E-state index is 0.263. The van der Waals surface area contributed by atoms with Crippen LogP contribution in [0, 0.1) is 0 Å². The predicted molar refractivity (Wildman–Crippen MR) is 131 cm³/mol. The molecule has 0 bridgehead atoms. The average molecular weight is 516 g/mol. The second kappa shape index (κ2) is 13.5. The molecule has 1 heterocycles. The van der Waals surface area contributed by atoms with Crippen LogP contribution in [-0.2, 0) is 9.59 Å². The molecular weight excluding hydrogens is 486 g/mol. The lowest BCUT2D eigenvalue weighted by atomic mass is 10.0. The van der Waals surface area contributed by atoms with E-state index in [1.165, 1.54) is 31.5 Å². The number of nitrogens with one attached hydrogen (secondary N) is 1. The van der Waals surface area contributed by atoms with Crippen molar-refractivity contribution in [3.8, 4) is 23.0 Å². The number of methoxy groups -OCH3 is 3. The fourth-order valence-electron chi connectivity index (χ4n) is 3.20. The van der Waals surface area contributed by atoms with Crippen LogP contribution in [0.4, 0.5) is 0 Å². The third-order valence-corrected chi connectivity index (χ3v) is 5.00. The van der Waals surface area contributed by atoms with Crippen LogP contribution in [0.25, 0.3) is 17.0 Å². The van der Waals surface area contributed by atoms with Crippen molar-refractivity contribution in [2.75, 3.05) is 48.6 Å². The summed E-state index contributed by atoms with van der Waals surface area (Å²) in [7, 11) is 8.71. The standard InChI is InChI=1S/C24H27NO6.C2H2O4/c1-25(2)13-15-31-23-20(19(26)11-8-16-6-9-17(27-3)10-7-16)21(28-4)18-12-14-30-22(18)24(23)29-5;3-1(4)2(5)6/h6-12,14H,13,15H2,1-5H3;(H,3,4)(H,5,6). The molecule has 0 atom stereocenters. The van der Waals surface area contributed by atoms with Crippen molar-refractivity contribution >= 4 is 34.8 Å². The number of furan rings is 1. The number of carboxylic acid groups (broad SMARTS) is 2. The summed E-state index contributed by atoms with van der Waals surface area (Å²) in [6.45, 7) is 1.15. The van der Waals surface area contributed by atoms with Crippen LogP contribution in [0.2, 0.25) is 0 Å². The summed E-state index contributed by atoms with van der Waals surface area (Å²) >= 11 is 0. The van der Waals surface area contributed by atoms with Crippen LogP contribution in [0.5, 0.6) is 23.0 Å². The Kier molecular flexibility index (Phi) is 10.5. The van der Waals surface area contributed by atoms with E-state index in [9.17, 15) is 4.79 Å². The number of carboxylic acids is 2. The zero-order valence-electron chi connectivity index (χ0n) is 21.2. The maximum atomic E-state index is 13.3. The topological polar surface area (TPSA) is 149 Å². The first-order valence-corrected chi connectivity index (χ1v) is 11.0. The molecule has 11 nitrogen and oxygen atoms in total. The maximum absolute atomic E-state index is 13.3. The van der Waals surface area contributed by atoms with Crippen molar-refractivity contribution in [3.05, 3.63) is 53.8 Å². The number of hydrogen-bond acceptors (Lipinski definition) is 9. The third kappa shape index (κ3) is 7.48. The molecule has 0 unspecified atom stereocenters. The second-order valence-corrected chi connectivity index (χ2v) is 7.80. The largest absolute Gasteiger partial charge is 0.539 e. The summed E-state index contributed by atoms with van der Waals surface area (Å²) in [5, 5.41) is 17.0.